The number of hydrogen-bond acceptors (Lipinski definition) is 9. The number of methoxy groups -OCH3 is 2. The molecule has 0 aliphatic carbocycles. The zero-order chi connectivity index (χ0) is 35.8. The number of piperazine rings is 1. The van der Waals surface area contributed by atoms with E-state index in [0.717, 1.165) is 4.90 Å². The highest BCUT2D eigenvalue weighted by molar-refractivity contribution is 5.91. The van der Waals surface area contributed by atoms with Crippen LogP contribution in [0.5, 0.6) is 23.0 Å². The molecule has 1 saturated heterocycles. The summed E-state index contributed by atoms with van der Waals surface area (Å²) in [4.78, 5) is 22.8. The van der Waals surface area contributed by atoms with Gasteiger partial charge in [0.05, 0.1) is 37.4 Å². The van der Waals surface area contributed by atoms with Crippen LogP contribution in [-0.4, -0.2) is 73.6 Å². The maximum Gasteiger partial charge on any atom is 0.267 e. The quantitative estimate of drug-likeness (QED) is 0.600. The predicted molar refractivity (Wildman–Crippen MR) is 122 cm³/mol. The Labute approximate surface area is 212 Å². The number of ether oxygens (including phenoxy) is 4. The van der Waals surface area contributed by atoms with Crippen LogP contribution in [0.4, 0.5) is 11.8 Å². The van der Waals surface area contributed by atoms with Crippen molar-refractivity contribution in [2.75, 3.05) is 57.4 Å². The number of nitrogens with two attached hydrogens (primary N) is 1. The van der Waals surface area contributed by atoms with Crippen LogP contribution in [0.3, 0.4) is 0 Å². The van der Waals surface area contributed by atoms with Crippen LogP contribution < -0.4 is 29.6 Å². The lowest BCUT2D eigenvalue weighted by molar-refractivity contribution is -0.141. The molecule has 0 bridgehead atoms. The zero-order valence-corrected chi connectivity index (χ0v) is 16.7. The van der Waals surface area contributed by atoms with Crippen molar-refractivity contribution in [1.29, 1.82) is 0 Å². The zero-order valence-electron chi connectivity index (χ0n) is 31.7. The van der Waals surface area contributed by atoms with Crippen molar-refractivity contribution in [3.05, 3.63) is 36.4 Å². The van der Waals surface area contributed by atoms with Crippen molar-refractivity contribution in [2.24, 2.45) is 0 Å². The normalized spacial score (nSPS) is 30.2. The minimum Gasteiger partial charge on any atom is -0.493 e. The minimum atomic E-state index is -3.28. The van der Waals surface area contributed by atoms with Gasteiger partial charge in [-0.15, -0.1) is 0 Å². The third-order valence-corrected chi connectivity index (χ3v) is 4.76. The smallest absolute Gasteiger partial charge is 0.267 e. The number of carbonyl (C=O) groups excluding carboxylic acids is 1. The molecule has 1 aromatic heterocycles. The maximum atomic E-state index is 13.6. The molecule has 5 rings (SSSR count). The fourth-order valence-corrected chi connectivity index (χ4v) is 3.16. The molecule has 10 heteroatoms. The standard InChI is InChI=1S/C23H25N5O5/c1-30-18-11-14-15(12-19(18)31-2)25-23(26-21(14)24)28-9-7-27(8-10-28)22(29)20-13-32-16-5-3-4-6-17(16)33-20/h3-6,11-12,20H,7-10,13H2,1-2H3,(H2,24,25,26)/i1D3,2D3,7D2,8D2,11D,12D,20D/hD2. The van der Waals surface area contributed by atoms with Crippen molar-refractivity contribution in [3.63, 3.8) is 0 Å². The van der Waals surface area contributed by atoms with Gasteiger partial charge < -0.3 is 34.5 Å². The highest BCUT2D eigenvalue weighted by Crippen LogP contribution is 2.34. The van der Waals surface area contributed by atoms with Crippen molar-refractivity contribution >= 4 is 28.6 Å². The summed E-state index contributed by atoms with van der Waals surface area (Å²) in [6.07, 6.45) is -2.58. The first kappa shape index (κ1) is 9.90. The van der Waals surface area contributed by atoms with Gasteiger partial charge in [-0.1, -0.05) is 12.1 Å². The van der Waals surface area contributed by atoms with Crippen LogP contribution in [0.1, 0.15) is 17.8 Å². The number of para-hydroxylation sites is 2. The molecular weight excluding hydrogens is 426 g/mol. The average Bonchev–Trinajstić information content (AvgIpc) is 2.94. The second kappa shape index (κ2) is 8.53. The van der Waals surface area contributed by atoms with Crippen molar-refractivity contribution < 1.29 is 44.4 Å². The number of nitrogens with zero attached hydrogens (tertiary/aromatic N) is 4. The van der Waals surface area contributed by atoms with Gasteiger partial charge in [-0.2, -0.15) is 4.98 Å². The van der Waals surface area contributed by atoms with Crippen LogP contribution in [-0.2, 0) is 4.79 Å². The van der Waals surface area contributed by atoms with Crippen LogP contribution in [0, 0.1) is 0 Å². The van der Waals surface area contributed by atoms with Crippen molar-refractivity contribution in [1.82, 2.24) is 14.9 Å². The summed E-state index contributed by atoms with van der Waals surface area (Å²) >= 11 is 0. The molecule has 3 heterocycles. The van der Waals surface area contributed by atoms with E-state index in [0.29, 0.717) is 0 Å². The molecule has 2 aliphatic rings. The summed E-state index contributed by atoms with van der Waals surface area (Å²) in [7, 11) is -6.55. The lowest BCUT2D eigenvalue weighted by Gasteiger charge is -2.37. The van der Waals surface area contributed by atoms with E-state index in [-0.39, 0.29) is 22.1 Å². The number of benzene rings is 2. The Morgan fingerprint density at radius 2 is 2.00 bits per heavy atom. The second-order valence-corrected chi connectivity index (χ2v) is 6.76. The summed E-state index contributed by atoms with van der Waals surface area (Å²) in [6.45, 7) is -8.25. The summed E-state index contributed by atoms with van der Waals surface area (Å²) in [5.41, 5.74) is -0.794. The van der Waals surface area contributed by atoms with Crippen LogP contribution >= 0.6 is 0 Å². The molecule has 2 N–H and O–H groups in total. The molecule has 1 unspecified atom stereocenters. The minimum absolute atomic E-state index is 0.00789. The monoisotopic (exact) mass is 466 g/mol. The van der Waals surface area contributed by atoms with Crippen molar-refractivity contribution in [2.45, 2.75) is 6.08 Å². The predicted octanol–water partition coefficient (Wildman–Crippen LogP) is 1.72. The highest BCUT2D eigenvalue weighted by atomic mass is 16.6. The Morgan fingerprint density at radius 1 is 1.24 bits per heavy atom. The number of fused-ring (bicyclic) bond motifs is 2. The van der Waals surface area contributed by atoms with E-state index in [1.807, 2.05) is 0 Å². The number of hydrogen-bond donors (Lipinski definition) is 1. The van der Waals surface area contributed by atoms with E-state index in [4.69, 9.17) is 39.6 Å². The van der Waals surface area contributed by atoms with Crippen LogP contribution in [0.15, 0.2) is 36.4 Å². The first-order valence-electron chi connectivity index (χ1n) is 16.8. The molecule has 2 aromatic carbocycles. The first-order chi connectivity index (χ1) is 21.9. The summed E-state index contributed by atoms with van der Waals surface area (Å²) in [5.74, 6) is -4.65. The molecule has 0 spiro atoms. The second-order valence-electron chi connectivity index (χ2n) is 6.76. The number of amides is 1. The van der Waals surface area contributed by atoms with E-state index in [2.05, 4.69) is 9.97 Å². The van der Waals surface area contributed by atoms with E-state index in [1.54, 1.807) is 12.1 Å². The van der Waals surface area contributed by atoms with E-state index in [9.17, 15) is 4.79 Å². The van der Waals surface area contributed by atoms with Gasteiger partial charge in [-0.25, -0.2) is 4.98 Å². The van der Waals surface area contributed by atoms with Gasteiger partial charge in [0.1, 0.15) is 12.4 Å². The molecule has 0 radical (unpaired) electrons. The average molecular weight is 467 g/mol. The van der Waals surface area contributed by atoms with E-state index >= 15 is 0 Å². The third-order valence-electron chi connectivity index (χ3n) is 4.76. The van der Waals surface area contributed by atoms with Crippen LogP contribution in [0.2, 0.25) is 2.82 Å². The van der Waals surface area contributed by atoms with Gasteiger partial charge in [-0.05, 0) is 18.2 Å². The molecule has 1 amide bonds. The van der Waals surface area contributed by atoms with E-state index in [1.165, 1.54) is 12.1 Å². The SMILES string of the molecule is [2H]c1c(OC([2H])([2H])[2H])c(OC([2H])([2H])[2H])c([2H])c2c(N([2H])[2H])nc(N3CC([2H])([2H])N(C(=O)C4([2H])COc5ccccc5O4)C([2H])([2H])C3)nc12. The summed E-state index contributed by atoms with van der Waals surface area (Å²) in [5, 5.41) is -0.614. The molecule has 172 valence electrons. The number of anilines is 2. The Hall–Kier alpha value is -3.95. The van der Waals surface area contributed by atoms with Gasteiger partial charge >= 0.3 is 0 Å². The lowest BCUT2D eigenvalue weighted by Crippen LogP contribution is -2.54. The fourth-order valence-electron chi connectivity index (χ4n) is 3.16. The topological polar surface area (TPSA) is 112 Å². The molecule has 1 atom stereocenters. The van der Waals surface area contributed by atoms with Crippen molar-refractivity contribution in [3.8, 4) is 23.0 Å². The first-order valence-corrected chi connectivity index (χ1v) is 9.45. The maximum absolute atomic E-state index is 13.6. The lowest BCUT2D eigenvalue weighted by atomic mass is 10.2. The van der Waals surface area contributed by atoms with Gasteiger partial charge in [0.25, 0.3) is 5.91 Å². The Bertz CT molecular complexity index is 1750. The van der Waals surface area contributed by atoms with Gasteiger partial charge in [0, 0.05) is 37.5 Å². The Kier molecular flexibility index (Phi) is 2.56. The third kappa shape index (κ3) is 3.88. The number of carbonyl (C=O) groups is 1. The molecule has 2 aliphatic heterocycles. The Morgan fingerprint density at radius 3 is 2.76 bits per heavy atom. The van der Waals surface area contributed by atoms with Crippen LogP contribution in [0.25, 0.3) is 10.9 Å². The van der Waals surface area contributed by atoms with Gasteiger partial charge in [0.15, 0.2) is 25.8 Å². The van der Waals surface area contributed by atoms with E-state index < -0.39 is 105 Å². The molecule has 33 heavy (non-hydrogen) atoms. The number of nitrogen functional groups attached to an aromatic ring is 1. The molecule has 1 fully saturated rings. The Balaban J connectivity index is 1.59. The highest BCUT2D eigenvalue weighted by Gasteiger charge is 2.33. The largest absolute Gasteiger partial charge is 0.493 e. The molecule has 3 aromatic rings. The van der Waals surface area contributed by atoms with Gasteiger partial charge in [-0.3, -0.25) is 4.79 Å². The molecular formula is C23H25N5O5. The van der Waals surface area contributed by atoms with Gasteiger partial charge in [0.2, 0.25) is 12.0 Å². The number of aromatic nitrogens is 2. The number of rotatable bonds is 5. The molecule has 0 saturated carbocycles. The fraction of sp³-hybridized carbons (Fsp3) is 0.348. The summed E-state index contributed by atoms with van der Waals surface area (Å²) in [6, 6.07) is 4.19. The summed E-state index contributed by atoms with van der Waals surface area (Å²) < 4.78 is 142. The molecule has 10 nitrogen and oxygen atoms in total.